The molecule has 0 unspecified atom stereocenters. The zero-order chi connectivity index (χ0) is 13.6. The minimum atomic E-state index is -3.36. The topological polar surface area (TPSA) is 83.5 Å². The van der Waals surface area contributed by atoms with E-state index in [1.165, 1.54) is 6.07 Å². The fraction of sp³-hybridized carbons (Fsp3) is 0.417. The first kappa shape index (κ1) is 14.7. The zero-order valence-electron chi connectivity index (χ0n) is 10.2. The Morgan fingerprint density at radius 2 is 1.94 bits per heavy atom. The third-order valence-electron chi connectivity index (χ3n) is 2.37. The number of carbonyl (C=O) groups excluding carboxylic acids is 1. The normalized spacial score (nSPS) is 11.2. The molecule has 0 spiro atoms. The number of hydrogen-bond acceptors (Lipinski definition) is 4. The Hall–Kier alpha value is -1.40. The molecule has 0 aliphatic carbocycles. The molecule has 1 amide bonds. The number of para-hydroxylation sites is 1. The Labute approximate surface area is 107 Å². The summed E-state index contributed by atoms with van der Waals surface area (Å²) in [4.78, 5) is 11.7. The Bertz CT molecular complexity index is 511. The smallest absolute Gasteiger partial charge is 0.224 e. The highest BCUT2D eigenvalue weighted by molar-refractivity contribution is 7.90. The molecule has 0 aliphatic rings. The van der Waals surface area contributed by atoms with Crippen LogP contribution in [0.25, 0.3) is 0 Å². The zero-order valence-corrected chi connectivity index (χ0v) is 11.0. The average Bonchev–Trinajstić information content (AvgIpc) is 2.28. The SMILES string of the molecule is CS(=O)(=O)c1ccccc1NC(=O)CCCCO. The van der Waals surface area contributed by atoms with Gasteiger partial charge >= 0.3 is 0 Å². The third-order valence-corrected chi connectivity index (χ3v) is 3.53. The van der Waals surface area contributed by atoms with Crippen molar-refractivity contribution in [2.24, 2.45) is 0 Å². The molecule has 1 aromatic rings. The summed E-state index contributed by atoms with van der Waals surface area (Å²) in [5.74, 6) is -0.250. The number of aliphatic hydroxyl groups is 1. The number of carbonyl (C=O) groups is 1. The first-order valence-electron chi connectivity index (χ1n) is 5.65. The van der Waals surface area contributed by atoms with Crippen LogP contribution in [0.3, 0.4) is 0 Å². The third kappa shape index (κ3) is 4.46. The van der Waals surface area contributed by atoms with Crippen LogP contribution in [0.1, 0.15) is 19.3 Å². The Kier molecular flexibility index (Phi) is 5.30. The lowest BCUT2D eigenvalue weighted by Gasteiger charge is -2.09. The van der Waals surface area contributed by atoms with E-state index >= 15 is 0 Å². The minimum absolute atomic E-state index is 0.0488. The molecular weight excluding hydrogens is 254 g/mol. The van der Waals surface area contributed by atoms with Crippen molar-refractivity contribution in [2.45, 2.75) is 24.2 Å². The first-order valence-corrected chi connectivity index (χ1v) is 7.54. The van der Waals surface area contributed by atoms with Crippen molar-refractivity contribution in [3.63, 3.8) is 0 Å². The van der Waals surface area contributed by atoms with Gasteiger partial charge in [0, 0.05) is 19.3 Å². The Balaban J connectivity index is 2.76. The molecule has 5 nitrogen and oxygen atoms in total. The quantitative estimate of drug-likeness (QED) is 0.761. The van der Waals surface area contributed by atoms with Crippen molar-refractivity contribution in [2.75, 3.05) is 18.2 Å². The predicted molar refractivity (Wildman–Crippen MR) is 69.1 cm³/mol. The fourth-order valence-corrected chi connectivity index (χ4v) is 2.35. The molecule has 0 saturated carbocycles. The van der Waals surface area contributed by atoms with E-state index in [0.29, 0.717) is 18.5 Å². The van der Waals surface area contributed by atoms with Gasteiger partial charge in [0.1, 0.15) is 0 Å². The lowest BCUT2D eigenvalue weighted by Crippen LogP contribution is -2.14. The van der Waals surface area contributed by atoms with E-state index in [0.717, 1.165) is 6.26 Å². The van der Waals surface area contributed by atoms with Gasteiger partial charge in [0.15, 0.2) is 9.84 Å². The molecule has 1 rings (SSSR count). The van der Waals surface area contributed by atoms with Crippen LogP contribution < -0.4 is 5.32 Å². The summed E-state index contributed by atoms with van der Waals surface area (Å²) in [6.45, 7) is 0.0488. The van der Waals surface area contributed by atoms with E-state index in [2.05, 4.69) is 5.32 Å². The van der Waals surface area contributed by atoms with Crippen LogP contribution in [0.5, 0.6) is 0 Å². The lowest BCUT2D eigenvalue weighted by atomic mass is 10.2. The fourth-order valence-electron chi connectivity index (χ4n) is 1.50. The highest BCUT2D eigenvalue weighted by Crippen LogP contribution is 2.20. The number of nitrogens with one attached hydrogen (secondary N) is 1. The van der Waals surface area contributed by atoms with Crippen LogP contribution >= 0.6 is 0 Å². The minimum Gasteiger partial charge on any atom is -0.396 e. The molecule has 0 fully saturated rings. The number of unbranched alkanes of at least 4 members (excludes halogenated alkanes) is 1. The van der Waals surface area contributed by atoms with Gasteiger partial charge in [-0.15, -0.1) is 0 Å². The van der Waals surface area contributed by atoms with Crippen LogP contribution in [-0.2, 0) is 14.6 Å². The standard InChI is InChI=1S/C12H17NO4S/c1-18(16,17)11-7-3-2-6-10(11)13-12(15)8-4-5-9-14/h2-3,6-7,14H,4-5,8-9H2,1H3,(H,13,15). The maximum absolute atomic E-state index is 11.6. The van der Waals surface area contributed by atoms with Gasteiger partial charge in [-0.3, -0.25) is 4.79 Å². The maximum atomic E-state index is 11.6. The van der Waals surface area contributed by atoms with Crippen molar-refractivity contribution in [1.29, 1.82) is 0 Å². The molecule has 0 atom stereocenters. The van der Waals surface area contributed by atoms with Crippen LogP contribution in [0.2, 0.25) is 0 Å². The van der Waals surface area contributed by atoms with Crippen molar-refractivity contribution >= 4 is 21.4 Å². The van der Waals surface area contributed by atoms with Gasteiger partial charge in [-0.1, -0.05) is 12.1 Å². The van der Waals surface area contributed by atoms with Gasteiger partial charge in [0.25, 0.3) is 0 Å². The van der Waals surface area contributed by atoms with Crippen molar-refractivity contribution < 1.29 is 18.3 Å². The van der Waals surface area contributed by atoms with Crippen molar-refractivity contribution in [1.82, 2.24) is 0 Å². The monoisotopic (exact) mass is 271 g/mol. The van der Waals surface area contributed by atoms with E-state index in [1.807, 2.05) is 0 Å². The molecule has 18 heavy (non-hydrogen) atoms. The molecule has 2 N–H and O–H groups in total. The summed E-state index contributed by atoms with van der Waals surface area (Å²) >= 11 is 0. The summed E-state index contributed by atoms with van der Waals surface area (Å²) in [6, 6.07) is 6.29. The number of sulfone groups is 1. The van der Waals surface area contributed by atoms with Crippen LogP contribution in [0.15, 0.2) is 29.2 Å². The number of benzene rings is 1. The van der Waals surface area contributed by atoms with Crippen LogP contribution in [-0.4, -0.2) is 32.3 Å². The highest BCUT2D eigenvalue weighted by atomic mass is 32.2. The summed E-state index contributed by atoms with van der Waals surface area (Å²) < 4.78 is 23.0. The first-order chi connectivity index (χ1) is 8.45. The molecule has 100 valence electrons. The molecule has 6 heteroatoms. The van der Waals surface area contributed by atoms with Crippen molar-refractivity contribution in [3.05, 3.63) is 24.3 Å². The van der Waals surface area contributed by atoms with Gasteiger partial charge in [-0.2, -0.15) is 0 Å². The van der Waals surface area contributed by atoms with Crippen molar-refractivity contribution in [3.8, 4) is 0 Å². The van der Waals surface area contributed by atoms with E-state index in [9.17, 15) is 13.2 Å². The van der Waals surface area contributed by atoms with E-state index in [1.54, 1.807) is 18.2 Å². The van der Waals surface area contributed by atoms with E-state index < -0.39 is 9.84 Å². The molecule has 0 bridgehead atoms. The number of anilines is 1. The number of aliphatic hydroxyl groups excluding tert-OH is 1. The molecule has 1 aromatic carbocycles. The largest absolute Gasteiger partial charge is 0.396 e. The molecule has 0 heterocycles. The molecular formula is C12H17NO4S. The average molecular weight is 271 g/mol. The second-order valence-corrected chi connectivity index (χ2v) is 5.98. The predicted octanol–water partition coefficient (Wildman–Crippen LogP) is 1.19. The van der Waals surface area contributed by atoms with Crippen LogP contribution in [0, 0.1) is 0 Å². The molecule has 0 radical (unpaired) electrons. The number of rotatable bonds is 6. The van der Waals surface area contributed by atoms with Gasteiger partial charge < -0.3 is 10.4 Å². The maximum Gasteiger partial charge on any atom is 0.224 e. The molecule has 0 aromatic heterocycles. The van der Waals surface area contributed by atoms with E-state index in [4.69, 9.17) is 5.11 Å². The van der Waals surface area contributed by atoms with E-state index in [-0.39, 0.29) is 23.8 Å². The van der Waals surface area contributed by atoms with Gasteiger partial charge in [0.05, 0.1) is 10.6 Å². The summed E-state index contributed by atoms with van der Waals surface area (Å²) in [5.41, 5.74) is 0.300. The summed E-state index contributed by atoms with van der Waals surface area (Å²) in [6.07, 6.45) is 2.49. The Morgan fingerprint density at radius 3 is 2.56 bits per heavy atom. The van der Waals surface area contributed by atoms with Crippen LogP contribution in [0.4, 0.5) is 5.69 Å². The highest BCUT2D eigenvalue weighted by Gasteiger charge is 2.14. The molecule has 0 aliphatic heterocycles. The van der Waals surface area contributed by atoms with Gasteiger partial charge in [-0.25, -0.2) is 8.42 Å². The summed E-state index contributed by atoms with van der Waals surface area (Å²) in [5, 5.41) is 11.2. The Morgan fingerprint density at radius 1 is 1.28 bits per heavy atom. The lowest BCUT2D eigenvalue weighted by molar-refractivity contribution is -0.116. The summed E-state index contributed by atoms with van der Waals surface area (Å²) in [7, 11) is -3.36. The van der Waals surface area contributed by atoms with Gasteiger partial charge in [-0.05, 0) is 25.0 Å². The van der Waals surface area contributed by atoms with Gasteiger partial charge in [0.2, 0.25) is 5.91 Å². The number of hydrogen-bond donors (Lipinski definition) is 2. The second-order valence-electron chi connectivity index (χ2n) is 4.00. The number of amides is 1. The second kappa shape index (κ2) is 6.51. The molecule has 0 saturated heterocycles.